The zero-order valence-electron chi connectivity index (χ0n) is 14.4. The maximum Gasteiger partial charge on any atom is 0.226 e. The smallest absolute Gasteiger partial charge is 0.226 e. The molecule has 0 spiro atoms. The molecule has 1 aromatic carbocycles. The predicted octanol–water partition coefficient (Wildman–Crippen LogP) is 2.50. The molecule has 1 amide bonds. The summed E-state index contributed by atoms with van der Waals surface area (Å²) in [5.74, 6) is 1.06. The highest BCUT2D eigenvalue weighted by molar-refractivity contribution is 5.83. The van der Waals surface area contributed by atoms with Gasteiger partial charge in [0, 0.05) is 51.4 Å². The van der Waals surface area contributed by atoms with E-state index in [1.54, 1.807) is 0 Å². The molecule has 0 radical (unpaired) electrons. The first-order chi connectivity index (χ1) is 11.8. The summed E-state index contributed by atoms with van der Waals surface area (Å²) in [6, 6.07) is 11.2. The molecule has 2 aliphatic heterocycles. The van der Waals surface area contributed by atoms with E-state index < -0.39 is 0 Å². The number of hydrogen-bond donors (Lipinski definition) is 0. The zero-order chi connectivity index (χ0) is 16.4. The van der Waals surface area contributed by atoms with Gasteiger partial charge >= 0.3 is 0 Å². The van der Waals surface area contributed by atoms with Crippen molar-refractivity contribution in [2.24, 2.45) is 5.92 Å². The van der Waals surface area contributed by atoms with Crippen molar-refractivity contribution in [3.8, 4) is 0 Å². The maximum absolute atomic E-state index is 12.9. The lowest BCUT2D eigenvalue weighted by atomic mass is 10.1. The van der Waals surface area contributed by atoms with Gasteiger partial charge in [-0.3, -0.25) is 9.69 Å². The summed E-state index contributed by atoms with van der Waals surface area (Å²) in [5.41, 5.74) is 1.33. The molecule has 4 rings (SSSR count). The van der Waals surface area contributed by atoms with Crippen LogP contribution in [0.4, 0.5) is 0 Å². The standard InChI is InChI=1S/C20H28N2O2/c23-20(19-15-18(19)16-5-2-1-3-6-16)22-10-4-9-21(11-12-22)17-7-13-24-14-8-17/h1-3,5-6,17-19H,4,7-15H2/t18-,19+/m0/s1. The van der Waals surface area contributed by atoms with Crippen LogP contribution >= 0.6 is 0 Å². The number of carbonyl (C=O) groups is 1. The van der Waals surface area contributed by atoms with Crippen LogP contribution in [0.1, 0.15) is 37.2 Å². The van der Waals surface area contributed by atoms with Crippen molar-refractivity contribution in [1.29, 1.82) is 0 Å². The molecule has 0 unspecified atom stereocenters. The summed E-state index contributed by atoms with van der Waals surface area (Å²) in [4.78, 5) is 17.6. The molecule has 1 saturated carbocycles. The van der Waals surface area contributed by atoms with E-state index in [1.165, 1.54) is 5.56 Å². The molecule has 24 heavy (non-hydrogen) atoms. The van der Waals surface area contributed by atoms with Gasteiger partial charge in [0.2, 0.25) is 5.91 Å². The van der Waals surface area contributed by atoms with E-state index in [-0.39, 0.29) is 5.92 Å². The average Bonchev–Trinajstić information content (AvgIpc) is 3.46. The molecule has 1 aliphatic carbocycles. The van der Waals surface area contributed by atoms with Gasteiger partial charge < -0.3 is 9.64 Å². The highest BCUT2D eigenvalue weighted by Crippen LogP contribution is 2.48. The van der Waals surface area contributed by atoms with Crippen molar-refractivity contribution in [2.45, 2.75) is 37.6 Å². The summed E-state index contributed by atoms with van der Waals surface area (Å²) in [7, 11) is 0. The van der Waals surface area contributed by atoms with E-state index in [1.807, 2.05) is 6.07 Å². The van der Waals surface area contributed by atoms with Gasteiger partial charge in [0.15, 0.2) is 0 Å². The van der Waals surface area contributed by atoms with Crippen molar-refractivity contribution < 1.29 is 9.53 Å². The fraction of sp³-hybridized carbons (Fsp3) is 0.650. The Balaban J connectivity index is 1.32. The van der Waals surface area contributed by atoms with E-state index in [4.69, 9.17) is 4.74 Å². The van der Waals surface area contributed by atoms with Crippen LogP contribution in [-0.4, -0.2) is 61.1 Å². The van der Waals surface area contributed by atoms with Gasteiger partial charge in [-0.05, 0) is 37.2 Å². The van der Waals surface area contributed by atoms with E-state index >= 15 is 0 Å². The number of nitrogens with zero attached hydrogens (tertiary/aromatic N) is 2. The van der Waals surface area contributed by atoms with E-state index in [9.17, 15) is 4.79 Å². The number of benzene rings is 1. The van der Waals surface area contributed by atoms with Gasteiger partial charge in [-0.15, -0.1) is 0 Å². The molecule has 2 saturated heterocycles. The zero-order valence-corrected chi connectivity index (χ0v) is 14.4. The number of ether oxygens (including phenoxy) is 1. The summed E-state index contributed by atoms with van der Waals surface area (Å²) >= 11 is 0. The van der Waals surface area contributed by atoms with Crippen LogP contribution in [0.5, 0.6) is 0 Å². The van der Waals surface area contributed by atoms with Crippen LogP contribution in [0.2, 0.25) is 0 Å². The van der Waals surface area contributed by atoms with Crippen LogP contribution in [0.25, 0.3) is 0 Å². The Morgan fingerprint density at radius 3 is 2.58 bits per heavy atom. The van der Waals surface area contributed by atoms with Crippen LogP contribution in [0.15, 0.2) is 30.3 Å². The first kappa shape index (κ1) is 16.1. The molecule has 4 heteroatoms. The van der Waals surface area contributed by atoms with Gasteiger partial charge in [0.25, 0.3) is 0 Å². The molecule has 2 heterocycles. The molecule has 3 fully saturated rings. The minimum atomic E-state index is 0.224. The average molecular weight is 328 g/mol. The lowest BCUT2D eigenvalue weighted by Crippen LogP contribution is -2.42. The monoisotopic (exact) mass is 328 g/mol. The van der Waals surface area contributed by atoms with Crippen molar-refractivity contribution in [2.75, 3.05) is 39.4 Å². The van der Waals surface area contributed by atoms with Crippen LogP contribution < -0.4 is 0 Å². The molecule has 0 bridgehead atoms. The van der Waals surface area contributed by atoms with Crippen molar-refractivity contribution in [1.82, 2.24) is 9.80 Å². The van der Waals surface area contributed by atoms with Crippen molar-refractivity contribution in [3.63, 3.8) is 0 Å². The Labute approximate surface area is 144 Å². The largest absolute Gasteiger partial charge is 0.381 e. The number of rotatable bonds is 3. The first-order valence-corrected chi connectivity index (χ1v) is 9.48. The number of hydrogen-bond acceptors (Lipinski definition) is 3. The van der Waals surface area contributed by atoms with Crippen molar-refractivity contribution >= 4 is 5.91 Å². The molecule has 130 valence electrons. The highest BCUT2D eigenvalue weighted by atomic mass is 16.5. The topological polar surface area (TPSA) is 32.8 Å². The van der Waals surface area contributed by atoms with Gasteiger partial charge in [0.1, 0.15) is 0 Å². The number of carbonyl (C=O) groups excluding carboxylic acids is 1. The van der Waals surface area contributed by atoms with E-state index in [0.29, 0.717) is 17.9 Å². The second-order valence-corrected chi connectivity index (χ2v) is 7.42. The molecule has 0 aromatic heterocycles. The van der Waals surface area contributed by atoms with Crippen molar-refractivity contribution in [3.05, 3.63) is 35.9 Å². The Hall–Kier alpha value is -1.39. The van der Waals surface area contributed by atoms with Crippen LogP contribution in [-0.2, 0) is 9.53 Å². The Morgan fingerprint density at radius 1 is 1.00 bits per heavy atom. The van der Waals surface area contributed by atoms with Gasteiger partial charge in [-0.2, -0.15) is 0 Å². The molecule has 4 nitrogen and oxygen atoms in total. The molecular weight excluding hydrogens is 300 g/mol. The third-order valence-corrected chi connectivity index (χ3v) is 5.88. The third-order valence-electron chi connectivity index (χ3n) is 5.88. The van der Waals surface area contributed by atoms with Crippen LogP contribution in [0.3, 0.4) is 0 Å². The second kappa shape index (κ2) is 7.24. The molecule has 2 atom stereocenters. The predicted molar refractivity (Wildman–Crippen MR) is 93.9 cm³/mol. The second-order valence-electron chi connectivity index (χ2n) is 7.42. The molecule has 0 N–H and O–H groups in total. The number of amides is 1. The maximum atomic E-state index is 12.9. The first-order valence-electron chi connectivity index (χ1n) is 9.48. The third kappa shape index (κ3) is 3.50. The van der Waals surface area contributed by atoms with Gasteiger partial charge in [-0.1, -0.05) is 30.3 Å². The SMILES string of the molecule is O=C([C@@H]1C[C@H]1c1ccccc1)N1CCCN(C2CCOCC2)CC1. The molecule has 3 aliphatic rings. The van der Waals surface area contributed by atoms with Gasteiger partial charge in [-0.25, -0.2) is 0 Å². The minimum Gasteiger partial charge on any atom is -0.381 e. The lowest BCUT2D eigenvalue weighted by molar-refractivity contribution is -0.132. The van der Waals surface area contributed by atoms with E-state index in [0.717, 1.165) is 65.1 Å². The molecular formula is C20H28N2O2. The van der Waals surface area contributed by atoms with E-state index in [2.05, 4.69) is 34.1 Å². The van der Waals surface area contributed by atoms with Crippen LogP contribution in [0, 0.1) is 5.92 Å². The summed E-state index contributed by atoms with van der Waals surface area (Å²) in [6.45, 7) is 5.76. The molecule has 1 aromatic rings. The quantitative estimate of drug-likeness (QED) is 0.855. The lowest BCUT2D eigenvalue weighted by Gasteiger charge is -2.33. The fourth-order valence-electron chi connectivity index (χ4n) is 4.34. The minimum absolute atomic E-state index is 0.224. The highest BCUT2D eigenvalue weighted by Gasteiger charge is 2.45. The summed E-state index contributed by atoms with van der Waals surface area (Å²) in [6.07, 6.45) is 4.42. The van der Waals surface area contributed by atoms with Gasteiger partial charge in [0.05, 0.1) is 0 Å². The summed E-state index contributed by atoms with van der Waals surface area (Å²) in [5, 5.41) is 0. The summed E-state index contributed by atoms with van der Waals surface area (Å²) < 4.78 is 5.48. The Bertz CT molecular complexity index is 556. The fourth-order valence-corrected chi connectivity index (χ4v) is 4.34. The Kier molecular flexibility index (Phi) is 4.86. The normalized spacial score (nSPS) is 29.2. The Morgan fingerprint density at radius 2 is 1.79 bits per heavy atom.